The monoisotopic (exact) mass is 273 g/mol. The van der Waals surface area contributed by atoms with Crippen molar-refractivity contribution in [2.24, 2.45) is 5.92 Å². The standard InChI is InChI=1S/C17H23NO2/c1-2-11-20-17-10-6-4-7-14(17)12-18-16-9-5-3-8-15(16)13-19/h1,4,6-7,10,15-16,18-19H,3,5,8-9,11-13H2. The normalized spacial score (nSPS) is 22.2. The predicted molar refractivity (Wildman–Crippen MR) is 80.4 cm³/mol. The average Bonchev–Trinajstić information content (AvgIpc) is 2.52. The highest BCUT2D eigenvalue weighted by Gasteiger charge is 2.23. The number of hydrogen-bond acceptors (Lipinski definition) is 3. The molecule has 0 aromatic heterocycles. The molecule has 0 amide bonds. The molecule has 0 spiro atoms. The number of benzene rings is 1. The van der Waals surface area contributed by atoms with Crippen LogP contribution in [-0.2, 0) is 6.54 Å². The molecular weight excluding hydrogens is 250 g/mol. The SMILES string of the molecule is C#CCOc1ccccc1CNC1CCCCC1CO. The van der Waals surface area contributed by atoms with E-state index in [0.717, 1.165) is 30.7 Å². The van der Waals surface area contributed by atoms with Crippen molar-refractivity contribution < 1.29 is 9.84 Å². The van der Waals surface area contributed by atoms with Crippen LogP contribution >= 0.6 is 0 Å². The van der Waals surface area contributed by atoms with E-state index in [1.807, 2.05) is 18.2 Å². The fourth-order valence-corrected chi connectivity index (χ4v) is 2.85. The summed E-state index contributed by atoms with van der Waals surface area (Å²) in [4.78, 5) is 0. The van der Waals surface area contributed by atoms with Crippen LogP contribution in [0.15, 0.2) is 24.3 Å². The molecule has 3 nitrogen and oxygen atoms in total. The van der Waals surface area contributed by atoms with Gasteiger partial charge in [0.15, 0.2) is 0 Å². The van der Waals surface area contributed by atoms with Gasteiger partial charge < -0.3 is 15.2 Å². The molecule has 0 radical (unpaired) electrons. The Morgan fingerprint density at radius 2 is 2.10 bits per heavy atom. The lowest BCUT2D eigenvalue weighted by molar-refractivity contribution is 0.152. The van der Waals surface area contributed by atoms with E-state index in [4.69, 9.17) is 11.2 Å². The Hall–Kier alpha value is -1.50. The van der Waals surface area contributed by atoms with Crippen LogP contribution in [0.1, 0.15) is 31.2 Å². The van der Waals surface area contributed by atoms with Crippen molar-refractivity contribution in [1.82, 2.24) is 5.32 Å². The van der Waals surface area contributed by atoms with Crippen molar-refractivity contribution in [3.05, 3.63) is 29.8 Å². The maximum Gasteiger partial charge on any atom is 0.148 e. The summed E-state index contributed by atoms with van der Waals surface area (Å²) < 4.78 is 5.55. The molecule has 2 rings (SSSR count). The first-order valence-corrected chi connectivity index (χ1v) is 7.33. The maximum absolute atomic E-state index is 9.44. The third-order valence-electron chi connectivity index (χ3n) is 3.98. The molecule has 0 bridgehead atoms. The number of rotatable bonds is 6. The van der Waals surface area contributed by atoms with Gasteiger partial charge in [0.25, 0.3) is 0 Å². The maximum atomic E-state index is 9.44. The molecule has 1 aromatic carbocycles. The second-order valence-electron chi connectivity index (χ2n) is 5.32. The van der Waals surface area contributed by atoms with Crippen molar-refractivity contribution in [1.29, 1.82) is 0 Å². The highest BCUT2D eigenvalue weighted by molar-refractivity contribution is 5.33. The Kier molecular flexibility index (Phi) is 5.91. The molecule has 2 N–H and O–H groups in total. The summed E-state index contributed by atoms with van der Waals surface area (Å²) in [5.74, 6) is 3.71. The summed E-state index contributed by atoms with van der Waals surface area (Å²) in [5.41, 5.74) is 1.12. The number of para-hydroxylation sites is 1. The summed E-state index contributed by atoms with van der Waals surface area (Å²) in [7, 11) is 0. The number of nitrogens with one attached hydrogen (secondary N) is 1. The number of aliphatic hydroxyl groups excluding tert-OH is 1. The van der Waals surface area contributed by atoms with E-state index in [1.165, 1.54) is 12.8 Å². The second kappa shape index (κ2) is 7.94. The van der Waals surface area contributed by atoms with Crippen LogP contribution in [0.2, 0.25) is 0 Å². The summed E-state index contributed by atoms with van der Waals surface area (Å²) in [6, 6.07) is 8.35. The largest absolute Gasteiger partial charge is 0.481 e. The van der Waals surface area contributed by atoms with E-state index in [9.17, 15) is 5.11 Å². The smallest absolute Gasteiger partial charge is 0.148 e. The van der Waals surface area contributed by atoms with Crippen molar-refractivity contribution in [3.8, 4) is 18.1 Å². The summed E-state index contributed by atoms with van der Waals surface area (Å²) >= 11 is 0. The summed E-state index contributed by atoms with van der Waals surface area (Å²) in [5, 5.41) is 13.0. The third-order valence-corrected chi connectivity index (χ3v) is 3.98. The Balaban J connectivity index is 1.94. The number of aliphatic hydroxyl groups is 1. The molecule has 1 fully saturated rings. The molecule has 1 aliphatic rings. The van der Waals surface area contributed by atoms with Crippen molar-refractivity contribution in [2.45, 2.75) is 38.3 Å². The van der Waals surface area contributed by atoms with E-state index in [-0.39, 0.29) is 6.61 Å². The number of hydrogen-bond donors (Lipinski definition) is 2. The van der Waals surface area contributed by atoms with Crippen molar-refractivity contribution in [2.75, 3.05) is 13.2 Å². The van der Waals surface area contributed by atoms with Gasteiger partial charge >= 0.3 is 0 Å². The molecule has 1 saturated carbocycles. The van der Waals surface area contributed by atoms with Crippen LogP contribution in [-0.4, -0.2) is 24.4 Å². The molecule has 2 unspecified atom stereocenters. The molecule has 1 aliphatic carbocycles. The van der Waals surface area contributed by atoms with E-state index < -0.39 is 0 Å². The van der Waals surface area contributed by atoms with Gasteiger partial charge in [-0.3, -0.25) is 0 Å². The fourth-order valence-electron chi connectivity index (χ4n) is 2.85. The van der Waals surface area contributed by atoms with E-state index in [2.05, 4.69) is 17.3 Å². The zero-order valence-corrected chi connectivity index (χ0v) is 11.8. The first-order valence-electron chi connectivity index (χ1n) is 7.33. The summed E-state index contributed by atoms with van der Waals surface area (Å²) in [6.07, 6.45) is 9.95. The third kappa shape index (κ3) is 4.00. The van der Waals surface area contributed by atoms with E-state index in [1.54, 1.807) is 0 Å². The highest BCUT2D eigenvalue weighted by Crippen LogP contribution is 2.25. The lowest BCUT2D eigenvalue weighted by atomic mass is 9.85. The highest BCUT2D eigenvalue weighted by atomic mass is 16.5. The first kappa shape index (κ1) is 14.9. The van der Waals surface area contributed by atoms with Gasteiger partial charge in [-0.25, -0.2) is 0 Å². The molecule has 3 heteroatoms. The number of terminal acetylenes is 1. The second-order valence-corrected chi connectivity index (χ2v) is 5.32. The van der Waals surface area contributed by atoms with Gasteiger partial charge in [-0.15, -0.1) is 6.42 Å². The Bertz CT molecular complexity index is 453. The molecule has 20 heavy (non-hydrogen) atoms. The van der Waals surface area contributed by atoms with Crippen LogP contribution < -0.4 is 10.1 Å². The summed E-state index contributed by atoms with van der Waals surface area (Å²) in [6.45, 7) is 1.31. The van der Waals surface area contributed by atoms with Crippen LogP contribution in [0.5, 0.6) is 5.75 Å². The zero-order valence-electron chi connectivity index (χ0n) is 11.8. The quantitative estimate of drug-likeness (QED) is 0.782. The lowest BCUT2D eigenvalue weighted by Gasteiger charge is -2.31. The van der Waals surface area contributed by atoms with Crippen LogP contribution in [0, 0.1) is 18.3 Å². The van der Waals surface area contributed by atoms with Gasteiger partial charge in [0.1, 0.15) is 12.4 Å². The Morgan fingerprint density at radius 1 is 1.30 bits per heavy atom. The fraction of sp³-hybridized carbons (Fsp3) is 0.529. The van der Waals surface area contributed by atoms with Gasteiger partial charge in [0.2, 0.25) is 0 Å². The zero-order chi connectivity index (χ0) is 14.2. The lowest BCUT2D eigenvalue weighted by Crippen LogP contribution is -2.39. The van der Waals surface area contributed by atoms with Gasteiger partial charge in [0.05, 0.1) is 0 Å². The van der Waals surface area contributed by atoms with Crippen molar-refractivity contribution >= 4 is 0 Å². The predicted octanol–water partition coefficient (Wildman–Crippen LogP) is 2.34. The molecule has 1 aromatic rings. The molecule has 108 valence electrons. The first-order chi connectivity index (χ1) is 9.85. The minimum absolute atomic E-state index is 0.271. The average molecular weight is 273 g/mol. The van der Waals surface area contributed by atoms with Crippen LogP contribution in [0.3, 0.4) is 0 Å². The molecule has 2 atom stereocenters. The van der Waals surface area contributed by atoms with Gasteiger partial charge in [0, 0.05) is 24.8 Å². The molecule has 0 saturated heterocycles. The van der Waals surface area contributed by atoms with Gasteiger partial charge in [-0.2, -0.15) is 0 Å². The Labute approximate surface area is 121 Å². The van der Waals surface area contributed by atoms with Crippen molar-refractivity contribution in [3.63, 3.8) is 0 Å². The molecular formula is C17H23NO2. The van der Waals surface area contributed by atoms with Crippen LogP contribution in [0.4, 0.5) is 0 Å². The molecule has 0 aliphatic heterocycles. The van der Waals surface area contributed by atoms with Gasteiger partial charge in [-0.05, 0) is 24.8 Å². The topological polar surface area (TPSA) is 41.5 Å². The minimum Gasteiger partial charge on any atom is -0.481 e. The Morgan fingerprint density at radius 3 is 2.90 bits per heavy atom. The van der Waals surface area contributed by atoms with Crippen LogP contribution in [0.25, 0.3) is 0 Å². The molecule has 0 heterocycles. The number of ether oxygens (including phenoxy) is 1. The van der Waals surface area contributed by atoms with Gasteiger partial charge in [-0.1, -0.05) is 37.0 Å². The minimum atomic E-state index is 0.271. The van der Waals surface area contributed by atoms with E-state index >= 15 is 0 Å². The van der Waals surface area contributed by atoms with E-state index in [0.29, 0.717) is 18.6 Å².